The topological polar surface area (TPSA) is 12.0 Å². The number of rotatable bonds is 4. The number of hydrogen-bond acceptors (Lipinski definition) is 1. The summed E-state index contributed by atoms with van der Waals surface area (Å²) in [6.07, 6.45) is 2.39. The maximum Gasteiger partial charge on any atom is 0.0354 e. The summed E-state index contributed by atoms with van der Waals surface area (Å²) in [6, 6.07) is 20.2. The van der Waals surface area contributed by atoms with Gasteiger partial charge in [0.1, 0.15) is 0 Å². The molecule has 1 heteroatoms. The van der Waals surface area contributed by atoms with Crippen molar-refractivity contribution in [2.45, 2.75) is 25.8 Å². The van der Waals surface area contributed by atoms with Gasteiger partial charge in [-0.2, -0.15) is 0 Å². The highest BCUT2D eigenvalue weighted by atomic mass is 14.9. The molecule has 0 radical (unpaired) electrons. The Morgan fingerprint density at radius 2 is 1.53 bits per heavy atom. The molecular formula is C18H21N. The first-order chi connectivity index (χ1) is 9.38. The van der Waals surface area contributed by atoms with Crippen molar-refractivity contribution in [3.05, 3.63) is 71.3 Å². The van der Waals surface area contributed by atoms with Crippen LogP contribution in [0, 0.1) is 5.92 Å². The summed E-state index contributed by atoms with van der Waals surface area (Å²) in [6.45, 7) is 3.21. The van der Waals surface area contributed by atoms with Crippen LogP contribution in [0.2, 0.25) is 0 Å². The van der Waals surface area contributed by atoms with Crippen molar-refractivity contribution in [3.63, 3.8) is 0 Å². The molecule has 0 bridgehead atoms. The van der Waals surface area contributed by atoms with Crippen molar-refractivity contribution < 1.29 is 0 Å². The molecule has 1 aliphatic rings. The molecular weight excluding hydrogens is 230 g/mol. The molecule has 0 spiro atoms. The molecule has 1 nitrogen and oxygen atoms in total. The van der Waals surface area contributed by atoms with Gasteiger partial charge in [0, 0.05) is 6.04 Å². The van der Waals surface area contributed by atoms with E-state index in [1.54, 1.807) is 0 Å². The Morgan fingerprint density at radius 1 is 0.947 bits per heavy atom. The van der Waals surface area contributed by atoms with Crippen LogP contribution in [-0.2, 0) is 12.8 Å². The molecule has 2 aromatic rings. The van der Waals surface area contributed by atoms with E-state index >= 15 is 0 Å². The normalized spacial score (nSPS) is 16.3. The van der Waals surface area contributed by atoms with Crippen molar-refractivity contribution in [2.24, 2.45) is 5.92 Å². The first-order valence-corrected chi connectivity index (χ1v) is 7.23. The molecule has 98 valence electrons. The van der Waals surface area contributed by atoms with Crippen LogP contribution in [0.4, 0.5) is 0 Å². The molecule has 0 aliphatic heterocycles. The molecule has 0 amide bonds. The molecule has 3 rings (SSSR count). The predicted octanol–water partition coefficient (Wildman–Crippen LogP) is 3.75. The Balaban J connectivity index is 1.84. The second-order valence-corrected chi connectivity index (χ2v) is 5.38. The minimum absolute atomic E-state index is 0.471. The van der Waals surface area contributed by atoms with Crippen molar-refractivity contribution in [3.8, 4) is 0 Å². The summed E-state index contributed by atoms with van der Waals surface area (Å²) in [7, 11) is 0. The quantitative estimate of drug-likeness (QED) is 0.872. The number of nitrogens with one attached hydrogen (secondary N) is 1. The van der Waals surface area contributed by atoms with Gasteiger partial charge in [-0.1, -0.05) is 61.5 Å². The van der Waals surface area contributed by atoms with Gasteiger partial charge >= 0.3 is 0 Å². The van der Waals surface area contributed by atoms with Gasteiger partial charge in [0.25, 0.3) is 0 Å². The molecule has 2 aromatic carbocycles. The fourth-order valence-corrected chi connectivity index (χ4v) is 3.27. The van der Waals surface area contributed by atoms with E-state index in [9.17, 15) is 0 Å². The van der Waals surface area contributed by atoms with Gasteiger partial charge < -0.3 is 5.32 Å². The second-order valence-electron chi connectivity index (χ2n) is 5.38. The summed E-state index contributed by atoms with van der Waals surface area (Å²) in [4.78, 5) is 0. The predicted molar refractivity (Wildman–Crippen MR) is 80.2 cm³/mol. The first-order valence-electron chi connectivity index (χ1n) is 7.23. The van der Waals surface area contributed by atoms with Crippen molar-refractivity contribution >= 4 is 0 Å². The molecule has 0 fully saturated rings. The van der Waals surface area contributed by atoms with Gasteiger partial charge in [-0.25, -0.2) is 0 Å². The van der Waals surface area contributed by atoms with Crippen molar-refractivity contribution in [2.75, 3.05) is 6.54 Å². The SMILES string of the molecule is CCNC(c1ccccc1)C1Cc2ccccc2C1. The van der Waals surface area contributed by atoms with Crippen LogP contribution in [0.15, 0.2) is 54.6 Å². The maximum atomic E-state index is 3.68. The number of hydrogen-bond donors (Lipinski definition) is 1. The summed E-state index contributed by atoms with van der Waals surface area (Å²) in [5, 5.41) is 3.68. The van der Waals surface area contributed by atoms with Gasteiger partial charge in [-0.05, 0) is 42.0 Å². The Hall–Kier alpha value is -1.60. The molecule has 0 aromatic heterocycles. The average molecular weight is 251 g/mol. The second kappa shape index (κ2) is 5.58. The van der Waals surface area contributed by atoms with Crippen LogP contribution >= 0.6 is 0 Å². The fraction of sp³-hybridized carbons (Fsp3) is 0.333. The fourth-order valence-electron chi connectivity index (χ4n) is 3.27. The van der Waals surface area contributed by atoms with Gasteiger partial charge in [-0.15, -0.1) is 0 Å². The minimum Gasteiger partial charge on any atom is -0.310 e. The lowest BCUT2D eigenvalue weighted by Gasteiger charge is -2.24. The lowest BCUT2D eigenvalue weighted by Crippen LogP contribution is -2.28. The van der Waals surface area contributed by atoms with Crippen molar-refractivity contribution in [1.82, 2.24) is 5.32 Å². The highest BCUT2D eigenvalue weighted by Crippen LogP contribution is 2.35. The van der Waals surface area contributed by atoms with Crippen LogP contribution in [0.3, 0.4) is 0 Å². The molecule has 0 saturated carbocycles. The lowest BCUT2D eigenvalue weighted by molar-refractivity contribution is 0.380. The van der Waals surface area contributed by atoms with Crippen LogP contribution in [0.1, 0.15) is 29.7 Å². The number of benzene rings is 2. The third-order valence-corrected chi connectivity index (χ3v) is 4.14. The molecule has 19 heavy (non-hydrogen) atoms. The van der Waals surface area contributed by atoms with E-state index in [2.05, 4.69) is 66.8 Å². The van der Waals surface area contributed by atoms with Crippen LogP contribution in [0.5, 0.6) is 0 Å². The smallest absolute Gasteiger partial charge is 0.0354 e. The molecule has 1 N–H and O–H groups in total. The van der Waals surface area contributed by atoms with Crippen LogP contribution in [-0.4, -0.2) is 6.54 Å². The van der Waals surface area contributed by atoms with Crippen molar-refractivity contribution in [1.29, 1.82) is 0 Å². The molecule has 1 unspecified atom stereocenters. The largest absolute Gasteiger partial charge is 0.310 e. The Labute approximate surface area is 115 Å². The molecule has 0 heterocycles. The molecule has 0 saturated heterocycles. The summed E-state index contributed by atoms with van der Waals surface area (Å²) in [5.74, 6) is 0.680. The third kappa shape index (κ3) is 2.57. The average Bonchev–Trinajstić information content (AvgIpc) is 2.89. The molecule has 1 atom stereocenters. The van der Waals surface area contributed by atoms with E-state index in [1.807, 2.05) is 0 Å². The highest BCUT2D eigenvalue weighted by molar-refractivity contribution is 5.34. The van der Waals surface area contributed by atoms with E-state index in [4.69, 9.17) is 0 Å². The third-order valence-electron chi connectivity index (χ3n) is 4.14. The zero-order valence-corrected chi connectivity index (χ0v) is 11.5. The highest BCUT2D eigenvalue weighted by Gasteiger charge is 2.28. The lowest BCUT2D eigenvalue weighted by atomic mass is 9.90. The van der Waals surface area contributed by atoms with E-state index < -0.39 is 0 Å². The van der Waals surface area contributed by atoms with Gasteiger partial charge in [0.15, 0.2) is 0 Å². The minimum atomic E-state index is 0.471. The van der Waals surface area contributed by atoms with E-state index in [0.29, 0.717) is 12.0 Å². The zero-order chi connectivity index (χ0) is 13.1. The molecule has 1 aliphatic carbocycles. The van der Waals surface area contributed by atoms with Crippen LogP contribution < -0.4 is 5.32 Å². The number of fused-ring (bicyclic) bond motifs is 1. The maximum absolute atomic E-state index is 3.68. The van der Waals surface area contributed by atoms with E-state index in [-0.39, 0.29) is 0 Å². The first kappa shape index (κ1) is 12.4. The standard InChI is InChI=1S/C18H21N/c1-2-19-18(14-8-4-3-5-9-14)17-12-15-10-6-7-11-16(15)13-17/h3-11,17-19H,2,12-13H2,1H3. The van der Waals surface area contributed by atoms with Gasteiger partial charge in [0.2, 0.25) is 0 Å². The van der Waals surface area contributed by atoms with Gasteiger partial charge in [-0.3, -0.25) is 0 Å². The monoisotopic (exact) mass is 251 g/mol. The Morgan fingerprint density at radius 3 is 2.11 bits per heavy atom. The summed E-state index contributed by atoms with van der Waals surface area (Å²) >= 11 is 0. The zero-order valence-electron chi connectivity index (χ0n) is 11.5. The Kier molecular flexibility index (Phi) is 3.65. The van der Waals surface area contributed by atoms with E-state index in [1.165, 1.54) is 29.5 Å². The van der Waals surface area contributed by atoms with E-state index in [0.717, 1.165) is 6.54 Å². The Bertz CT molecular complexity index is 507. The summed E-state index contributed by atoms with van der Waals surface area (Å²) in [5.41, 5.74) is 4.49. The summed E-state index contributed by atoms with van der Waals surface area (Å²) < 4.78 is 0. The van der Waals surface area contributed by atoms with Crippen LogP contribution in [0.25, 0.3) is 0 Å². The van der Waals surface area contributed by atoms with Gasteiger partial charge in [0.05, 0.1) is 0 Å².